The fraction of sp³-hybridized carbons (Fsp3) is 0.769. The van der Waals surface area contributed by atoms with Crippen LogP contribution in [0, 0.1) is 11.8 Å². The number of rotatable bonds is 5. The Morgan fingerprint density at radius 3 is 2.81 bits per heavy atom. The van der Waals surface area contributed by atoms with Crippen LogP contribution >= 0.6 is 0 Å². The zero-order chi connectivity index (χ0) is 11.4. The van der Waals surface area contributed by atoms with Crippen molar-refractivity contribution in [1.82, 2.24) is 15.1 Å². The van der Waals surface area contributed by atoms with E-state index in [1.165, 1.54) is 37.7 Å². The van der Waals surface area contributed by atoms with Crippen molar-refractivity contribution in [1.29, 1.82) is 0 Å². The lowest BCUT2D eigenvalue weighted by Crippen LogP contribution is -2.26. The van der Waals surface area contributed by atoms with Gasteiger partial charge in [0.2, 0.25) is 0 Å². The summed E-state index contributed by atoms with van der Waals surface area (Å²) in [5.74, 6) is 1.71. The lowest BCUT2D eigenvalue weighted by molar-refractivity contribution is 0.328. The summed E-state index contributed by atoms with van der Waals surface area (Å²) in [6.07, 6.45) is 11.0. The van der Waals surface area contributed by atoms with Crippen molar-refractivity contribution >= 4 is 0 Å². The van der Waals surface area contributed by atoms with Gasteiger partial charge in [0.15, 0.2) is 0 Å². The van der Waals surface area contributed by atoms with Crippen LogP contribution in [0.15, 0.2) is 12.4 Å². The van der Waals surface area contributed by atoms with E-state index in [0.717, 1.165) is 18.4 Å². The SMILES string of the molecule is CNCC(Cc1cnn(C)c1)C1CCCC1. The maximum Gasteiger partial charge on any atom is 0.0521 e. The Morgan fingerprint density at radius 2 is 2.25 bits per heavy atom. The van der Waals surface area contributed by atoms with Crippen LogP contribution in [-0.4, -0.2) is 23.4 Å². The number of nitrogens with zero attached hydrogens (tertiary/aromatic N) is 2. The Kier molecular flexibility index (Phi) is 3.99. The summed E-state index contributed by atoms with van der Waals surface area (Å²) in [4.78, 5) is 0. The molecule has 1 N–H and O–H groups in total. The molecule has 1 heterocycles. The number of hydrogen-bond acceptors (Lipinski definition) is 2. The molecule has 0 amide bonds. The third kappa shape index (κ3) is 2.85. The Bertz CT molecular complexity index is 313. The topological polar surface area (TPSA) is 29.9 Å². The van der Waals surface area contributed by atoms with Crippen molar-refractivity contribution in [3.8, 4) is 0 Å². The van der Waals surface area contributed by atoms with Crippen LogP contribution < -0.4 is 5.32 Å². The Labute approximate surface area is 98.2 Å². The van der Waals surface area contributed by atoms with E-state index in [1.807, 2.05) is 17.9 Å². The molecule has 1 unspecified atom stereocenters. The van der Waals surface area contributed by atoms with Crippen LogP contribution in [0.25, 0.3) is 0 Å². The van der Waals surface area contributed by atoms with Crippen molar-refractivity contribution in [3.05, 3.63) is 18.0 Å². The van der Waals surface area contributed by atoms with Gasteiger partial charge in [-0.1, -0.05) is 25.7 Å². The molecule has 16 heavy (non-hydrogen) atoms. The molecule has 0 aromatic carbocycles. The molecule has 0 bridgehead atoms. The van der Waals surface area contributed by atoms with Crippen LogP contribution in [-0.2, 0) is 13.5 Å². The molecule has 0 radical (unpaired) electrons. The van der Waals surface area contributed by atoms with Gasteiger partial charge in [0.05, 0.1) is 6.20 Å². The van der Waals surface area contributed by atoms with Crippen molar-refractivity contribution in [2.75, 3.05) is 13.6 Å². The first-order chi connectivity index (χ1) is 7.79. The van der Waals surface area contributed by atoms with Gasteiger partial charge in [0, 0.05) is 13.2 Å². The molecule has 1 fully saturated rings. The van der Waals surface area contributed by atoms with Crippen LogP contribution in [0.5, 0.6) is 0 Å². The molecule has 0 spiro atoms. The van der Waals surface area contributed by atoms with Crippen molar-refractivity contribution in [3.63, 3.8) is 0 Å². The molecule has 0 aliphatic heterocycles. The van der Waals surface area contributed by atoms with Gasteiger partial charge in [-0.3, -0.25) is 4.68 Å². The number of hydrogen-bond donors (Lipinski definition) is 1. The van der Waals surface area contributed by atoms with E-state index in [4.69, 9.17) is 0 Å². The minimum Gasteiger partial charge on any atom is -0.319 e. The fourth-order valence-electron chi connectivity index (χ4n) is 2.98. The van der Waals surface area contributed by atoms with E-state index in [-0.39, 0.29) is 0 Å². The van der Waals surface area contributed by atoms with E-state index >= 15 is 0 Å². The lowest BCUT2D eigenvalue weighted by atomic mass is 9.86. The quantitative estimate of drug-likeness (QED) is 0.824. The van der Waals surface area contributed by atoms with Crippen LogP contribution in [0.2, 0.25) is 0 Å². The highest BCUT2D eigenvalue weighted by molar-refractivity contribution is 5.05. The average molecular weight is 221 g/mol. The summed E-state index contributed by atoms with van der Waals surface area (Å²) in [6.45, 7) is 1.14. The summed E-state index contributed by atoms with van der Waals surface area (Å²) in [6, 6.07) is 0. The molecule has 0 saturated heterocycles. The largest absolute Gasteiger partial charge is 0.319 e. The monoisotopic (exact) mass is 221 g/mol. The highest BCUT2D eigenvalue weighted by atomic mass is 15.2. The van der Waals surface area contributed by atoms with E-state index < -0.39 is 0 Å². The summed E-state index contributed by atoms with van der Waals surface area (Å²) in [5, 5.41) is 7.60. The van der Waals surface area contributed by atoms with E-state index in [0.29, 0.717) is 0 Å². The minimum atomic E-state index is 0.789. The molecule has 90 valence electrons. The van der Waals surface area contributed by atoms with Gasteiger partial charge in [0.1, 0.15) is 0 Å². The van der Waals surface area contributed by atoms with E-state index in [2.05, 4.69) is 23.7 Å². The summed E-state index contributed by atoms with van der Waals surface area (Å²) < 4.78 is 1.90. The highest BCUT2D eigenvalue weighted by Crippen LogP contribution is 2.32. The maximum atomic E-state index is 4.25. The summed E-state index contributed by atoms with van der Waals surface area (Å²) in [5.41, 5.74) is 1.38. The molecular weight excluding hydrogens is 198 g/mol. The van der Waals surface area contributed by atoms with Crippen molar-refractivity contribution < 1.29 is 0 Å². The highest BCUT2D eigenvalue weighted by Gasteiger charge is 2.24. The molecule has 1 saturated carbocycles. The second kappa shape index (κ2) is 5.48. The van der Waals surface area contributed by atoms with Gasteiger partial charge in [-0.15, -0.1) is 0 Å². The predicted octanol–water partition coefficient (Wildman–Crippen LogP) is 1.99. The molecule has 1 aliphatic rings. The molecular formula is C13H23N3. The Morgan fingerprint density at radius 1 is 1.50 bits per heavy atom. The van der Waals surface area contributed by atoms with E-state index in [1.54, 1.807) is 0 Å². The van der Waals surface area contributed by atoms with Crippen molar-refractivity contribution in [2.45, 2.75) is 32.1 Å². The standard InChI is InChI=1S/C13H23N3/c1-14-9-13(12-5-3-4-6-12)7-11-8-15-16(2)10-11/h8,10,12-14H,3-7,9H2,1-2H3. The van der Waals surface area contributed by atoms with Gasteiger partial charge in [-0.05, 0) is 37.4 Å². The number of aryl methyl sites for hydroxylation is 1. The van der Waals surface area contributed by atoms with Gasteiger partial charge in [-0.2, -0.15) is 5.10 Å². The number of nitrogens with one attached hydrogen (secondary N) is 1. The van der Waals surface area contributed by atoms with Crippen molar-refractivity contribution in [2.24, 2.45) is 18.9 Å². The smallest absolute Gasteiger partial charge is 0.0521 e. The summed E-state index contributed by atoms with van der Waals surface area (Å²) in [7, 11) is 4.05. The average Bonchev–Trinajstić information content (AvgIpc) is 2.88. The molecule has 3 nitrogen and oxygen atoms in total. The van der Waals surface area contributed by atoms with Gasteiger partial charge < -0.3 is 5.32 Å². The first-order valence-corrected chi connectivity index (χ1v) is 6.41. The van der Waals surface area contributed by atoms with Crippen LogP contribution in [0.4, 0.5) is 0 Å². The van der Waals surface area contributed by atoms with E-state index in [9.17, 15) is 0 Å². The first-order valence-electron chi connectivity index (χ1n) is 6.41. The number of aromatic nitrogens is 2. The second-order valence-electron chi connectivity index (χ2n) is 5.09. The Hall–Kier alpha value is -0.830. The zero-order valence-electron chi connectivity index (χ0n) is 10.4. The van der Waals surface area contributed by atoms with Crippen LogP contribution in [0.1, 0.15) is 31.2 Å². The third-order valence-electron chi connectivity index (χ3n) is 3.79. The third-order valence-corrected chi connectivity index (χ3v) is 3.79. The fourth-order valence-corrected chi connectivity index (χ4v) is 2.98. The molecule has 3 heteroatoms. The minimum absolute atomic E-state index is 0.789. The molecule has 1 aromatic rings. The first kappa shape index (κ1) is 11.6. The zero-order valence-corrected chi connectivity index (χ0v) is 10.4. The molecule has 1 atom stereocenters. The van der Waals surface area contributed by atoms with Gasteiger partial charge in [-0.25, -0.2) is 0 Å². The lowest BCUT2D eigenvalue weighted by Gasteiger charge is -2.22. The molecule has 2 rings (SSSR count). The Balaban J connectivity index is 1.96. The molecule has 1 aromatic heterocycles. The summed E-state index contributed by atoms with van der Waals surface area (Å²) >= 11 is 0. The normalized spacial score (nSPS) is 19.1. The van der Waals surface area contributed by atoms with Crippen LogP contribution in [0.3, 0.4) is 0 Å². The van der Waals surface area contributed by atoms with Gasteiger partial charge >= 0.3 is 0 Å². The maximum absolute atomic E-state index is 4.25. The predicted molar refractivity (Wildman–Crippen MR) is 66.3 cm³/mol. The molecule has 1 aliphatic carbocycles. The van der Waals surface area contributed by atoms with Gasteiger partial charge in [0.25, 0.3) is 0 Å². The second-order valence-corrected chi connectivity index (χ2v) is 5.09.